The Morgan fingerprint density at radius 1 is 1.16 bits per heavy atom. The van der Waals surface area contributed by atoms with E-state index in [2.05, 4.69) is 15.3 Å². The van der Waals surface area contributed by atoms with Crippen LogP contribution in [0.1, 0.15) is 10.4 Å². The highest BCUT2D eigenvalue weighted by atomic mass is 35.5. The van der Waals surface area contributed by atoms with Crippen LogP contribution in [0.3, 0.4) is 0 Å². The summed E-state index contributed by atoms with van der Waals surface area (Å²) in [5.41, 5.74) is 2.30. The van der Waals surface area contributed by atoms with Gasteiger partial charge in [-0.25, -0.2) is 14.8 Å². The molecule has 0 spiro atoms. The largest absolute Gasteiger partial charge is 0.465 e. The second-order valence-electron chi connectivity index (χ2n) is 5.34. The van der Waals surface area contributed by atoms with Gasteiger partial charge in [0, 0.05) is 16.1 Å². The highest BCUT2D eigenvalue weighted by molar-refractivity contribution is 6.30. The van der Waals surface area contributed by atoms with Crippen molar-refractivity contribution in [1.82, 2.24) is 9.97 Å². The van der Waals surface area contributed by atoms with Gasteiger partial charge in [0.05, 0.1) is 18.1 Å². The number of nitrogens with zero attached hydrogens (tertiary/aromatic N) is 2. The molecule has 0 saturated heterocycles. The number of nitrogens with one attached hydrogen (secondary N) is 1. The van der Waals surface area contributed by atoms with Crippen molar-refractivity contribution < 1.29 is 13.9 Å². The molecule has 0 atom stereocenters. The van der Waals surface area contributed by atoms with Crippen molar-refractivity contribution in [3.05, 3.63) is 59.4 Å². The molecule has 0 aliphatic rings. The van der Waals surface area contributed by atoms with E-state index in [0.29, 0.717) is 33.1 Å². The van der Waals surface area contributed by atoms with E-state index in [-0.39, 0.29) is 0 Å². The molecule has 0 amide bonds. The summed E-state index contributed by atoms with van der Waals surface area (Å²) in [5, 5.41) is 5.30. The third-order valence-corrected chi connectivity index (χ3v) is 4.05. The molecule has 2 aromatic heterocycles. The van der Waals surface area contributed by atoms with E-state index < -0.39 is 5.97 Å². The van der Waals surface area contributed by atoms with Gasteiger partial charge in [-0.1, -0.05) is 11.6 Å². The molecule has 0 radical (unpaired) electrons. The topological polar surface area (TPSA) is 77.2 Å². The lowest BCUT2D eigenvalue weighted by Crippen LogP contribution is -2.00. The third-order valence-electron chi connectivity index (χ3n) is 3.80. The summed E-state index contributed by atoms with van der Waals surface area (Å²) in [5.74, 6) is 0.161. The quantitative estimate of drug-likeness (QED) is 0.544. The summed E-state index contributed by atoms with van der Waals surface area (Å²) in [6.45, 7) is 0. The van der Waals surface area contributed by atoms with Gasteiger partial charge in [-0.2, -0.15) is 0 Å². The normalized spacial score (nSPS) is 11.0. The first-order chi connectivity index (χ1) is 12.2. The molecule has 2 heterocycles. The van der Waals surface area contributed by atoms with E-state index in [9.17, 15) is 4.79 Å². The monoisotopic (exact) mass is 353 g/mol. The predicted molar refractivity (Wildman–Crippen MR) is 95.4 cm³/mol. The lowest BCUT2D eigenvalue weighted by molar-refractivity contribution is 0.0601. The summed E-state index contributed by atoms with van der Waals surface area (Å²) in [4.78, 5) is 20.3. The summed E-state index contributed by atoms with van der Waals surface area (Å²) in [6, 6.07) is 12.3. The Hall–Kier alpha value is -3.12. The zero-order valence-electron chi connectivity index (χ0n) is 13.1. The van der Waals surface area contributed by atoms with Crippen molar-refractivity contribution in [2.24, 2.45) is 0 Å². The van der Waals surface area contributed by atoms with Crippen LogP contribution >= 0.6 is 11.6 Å². The molecular weight excluding hydrogens is 342 g/mol. The second-order valence-corrected chi connectivity index (χ2v) is 5.78. The Labute approximate surface area is 147 Å². The van der Waals surface area contributed by atoms with Gasteiger partial charge in [0.15, 0.2) is 0 Å². The first-order valence-corrected chi connectivity index (χ1v) is 7.81. The zero-order chi connectivity index (χ0) is 17.4. The maximum atomic E-state index is 11.8. The second kappa shape index (κ2) is 6.07. The van der Waals surface area contributed by atoms with Crippen molar-refractivity contribution in [3.63, 3.8) is 0 Å². The molecule has 6 nitrogen and oxygen atoms in total. The number of carbonyl (C=O) groups is 1. The number of hydrogen-bond acceptors (Lipinski definition) is 6. The number of furan rings is 1. The van der Waals surface area contributed by atoms with E-state index in [1.165, 1.54) is 13.4 Å². The van der Waals surface area contributed by atoms with Crippen LogP contribution in [-0.2, 0) is 4.74 Å². The van der Waals surface area contributed by atoms with Crippen LogP contribution < -0.4 is 5.32 Å². The van der Waals surface area contributed by atoms with Gasteiger partial charge >= 0.3 is 5.97 Å². The van der Waals surface area contributed by atoms with Crippen molar-refractivity contribution in [2.75, 3.05) is 12.4 Å². The third kappa shape index (κ3) is 2.77. The van der Waals surface area contributed by atoms with Crippen LogP contribution in [0.15, 0.2) is 53.2 Å². The standard InChI is InChI=1S/C18H12ClN3O3/c1-24-18(23)10-2-7-14-13(8-10)15-16(20-9-21-17(15)25-14)22-12-5-3-11(19)4-6-12/h2-9H,1H3,(H,20,21,22). The molecular formula is C18H12ClN3O3. The Kier molecular flexibility index (Phi) is 3.74. The highest BCUT2D eigenvalue weighted by Gasteiger charge is 2.16. The average Bonchev–Trinajstić information content (AvgIpc) is 3.01. The fraction of sp³-hybridized carbons (Fsp3) is 0.0556. The minimum atomic E-state index is -0.416. The van der Waals surface area contributed by atoms with Crippen LogP contribution in [0.2, 0.25) is 5.02 Å². The van der Waals surface area contributed by atoms with E-state index in [1.807, 2.05) is 12.1 Å². The number of methoxy groups -OCH3 is 1. The van der Waals surface area contributed by atoms with Crippen molar-refractivity contribution in [2.45, 2.75) is 0 Å². The number of esters is 1. The van der Waals surface area contributed by atoms with Gasteiger partial charge < -0.3 is 14.5 Å². The number of rotatable bonds is 3. The van der Waals surface area contributed by atoms with Crippen LogP contribution in [0.4, 0.5) is 11.5 Å². The Bertz CT molecular complexity index is 1090. The SMILES string of the molecule is COC(=O)c1ccc2oc3ncnc(Nc4ccc(Cl)cc4)c3c2c1. The number of hydrogen-bond donors (Lipinski definition) is 1. The number of anilines is 2. The van der Waals surface area contributed by atoms with E-state index in [4.69, 9.17) is 20.8 Å². The molecule has 124 valence electrons. The van der Waals surface area contributed by atoms with Crippen LogP contribution in [-0.4, -0.2) is 23.0 Å². The van der Waals surface area contributed by atoms with Crippen LogP contribution in [0, 0.1) is 0 Å². The van der Waals surface area contributed by atoms with Crippen molar-refractivity contribution in [1.29, 1.82) is 0 Å². The number of ether oxygens (including phenoxy) is 1. The molecule has 0 aliphatic heterocycles. The zero-order valence-corrected chi connectivity index (χ0v) is 13.9. The number of carbonyl (C=O) groups excluding carboxylic acids is 1. The highest BCUT2D eigenvalue weighted by Crippen LogP contribution is 2.33. The lowest BCUT2D eigenvalue weighted by atomic mass is 10.1. The number of aromatic nitrogens is 2. The van der Waals surface area contributed by atoms with Gasteiger partial charge in [-0.15, -0.1) is 0 Å². The van der Waals surface area contributed by atoms with Gasteiger partial charge in [0.25, 0.3) is 0 Å². The molecule has 1 N–H and O–H groups in total. The average molecular weight is 354 g/mol. The minimum Gasteiger partial charge on any atom is -0.465 e. The van der Waals surface area contributed by atoms with Gasteiger partial charge in [0.1, 0.15) is 17.7 Å². The summed E-state index contributed by atoms with van der Waals surface area (Å²) < 4.78 is 10.5. The molecule has 0 aliphatic carbocycles. The number of halogens is 1. The molecule has 0 bridgehead atoms. The van der Waals surface area contributed by atoms with Crippen LogP contribution in [0.25, 0.3) is 22.1 Å². The van der Waals surface area contributed by atoms with Crippen molar-refractivity contribution in [3.8, 4) is 0 Å². The fourth-order valence-electron chi connectivity index (χ4n) is 2.62. The molecule has 25 heavy (non-hydrogen) atoms. The van der Waals surface area contributed by atoms with E-state index >= 15 is 0 Å². The Morgan fingerprint density at radius 2 is 1.96 bits per heavy atom. The molecule has 4 rings (SSSR count). The smallest absolute Gasteiger partial charge is 0.337 e. The number of benzene rings is 2. The molecule has 4 aromatic rings. The molecule has 0 unspecified atom stereocenters. The fourth-order valence-corrected chi connectivity index (χ4v) is 2.74. The van der Waals surface area contributed by atoms with Gasteiger partial charge in [-0.05, 0) is 42.5 Å². The maximum absolute atomic E-state index is 11.8. The molecule has 2 aromatic carbocycles. The molecule has 7 heteroatoms. The van der Waals surface area contributed by atoms with Gasteiger partial charge in [-0.3, -0.25) is 0 Å². The van der Waals surface area contributed by atoms with Gasteiger partial charge in [0.2, 0.25) is 5.71 Å². The van der Waals surface area contributed by atoms with E-state index in [0.717, 1.165) is 11.1 Å². The Balaban J connectivity index is 1.88. The van der Waals surface area contributed by atoms with Crippen molar-refractivity contribution >= 4 is 51.1 Å². The molecule has 0 saturated carbocycles. The Morgan fingerprint density at radius 3 is 2.72 bits per heavy atom. The maximum Gasteiger partial charge on any atom is 0.337 e. The lowest BCUT2D eigenvalue weighted by Gasteiger charge is -2.06. The summed E-state index contributed by atoms with van der Waals surface area (Å²) >= 11 is 5.92. The first-order valence-electron chi connectivity index (χ1n) is 7.44. The van der Waals surface area contributed by atoms with E-state index in [1.54, 1.807) is 30.3 Å². The first kappa shape index (κ1) is 15.4. The predicted octanol–water partition coefficient (Wildman–Crippen LogP) is 4.56. The number of fused-ring (bicyclic) bond motifs is 3. The minimum absolute atomic E-state index is 0.416. The summed E-state index contributed by atoms with van der Waals surface area (Å²) in [7, 11) is 1.34. The van der Waals surface area contributed by atoms with Crippen LogP contribution in [0.5, 0.6) is 0 Å². The summed E-state index contributed by atoms with van der Waals surface area (Å²) in [6.07, 6.45) is 1.42. The molecule has 0 fully saturated rings.